The number of halogens is 1. The highest BCUT2D eigenvalue weighted by Gasteiger charge is 2.13. The second-order valence-corrected chi connectivity index (χ2v) is 5.04. The van der Waals surface area contributed by atoms with Crippen LogP contribution < -0.4 is 11.2 Å². The van der Waals surface area contributed by atoms with E-state index in [4.69, 9.17) is 0 Å². The van der Waals surface area contributed by atoms with Crippen LogP contribution >= 0.6 is 15.9 Å². The van der Waals surface area contributed by atoms with Gasteiger partial charge in [-0.3, -0.25) is 18.9 Å². The third-order valence-electron chi connectivity index (χ3n) is 2.53. The van der Waals surface area contributed by atoms with Gasteiger partial charge in [-0.05, 0) is 21.8 Å². The summed E-state index contributed by atoms with van der Waals surface area (Å²) in [5, 5.41) is 0. The van der Waals surface area contributed by atoms with E-state index in [1.807, 2.05) is 19.9 Å². The zero-order valence-corrected chi connectivity index (χ0v) is 11.9. The Hall–Kier alpha value is -1.63. The second kappa shape index (κ2) is 4.56. The molecule has 0 spiro atoms. The maximum atomic E-state index is 11.8. The molecule has 0 fully saturated rings. The summed E-state index contributed by atoms with van der Waals surface area (Å²) < 4.78 is 3.41. The van der Waals surface area contributed by atoms with Crippen molar-refractivity contribution in [2.75, 3.05) is 0 Å². The smallest absolute Gasteiger partial charge is 0.288 e. The van der Waals surface area contributed by atoms with E-state index < -0.39 is 11.2 Å². The fraction of sp³-hybridized carbons (Fsp3) is 0.364. The summed E-state index contributed by atoms with van der Waals surface area (Å²) in [6.45, 7) is 4.06. The molecule has 6 nitrogen and oxygen atoms in total. The van der Waals surface area contributed by atoms with Crippen molar-refractivity contribution < 1.29 is 0 Å². The van der Waals surface area contributed by atoms with E-state index in [1.54, 1.807) is 17.8 Å². The normalized spacial score (nSPS) is 12.1. The summed E-state index contributed by atoms with van der Waals surface area (Å²) in [6.07, 6.45) is 3.71. The molecule has 0 amide bonds. The fourth-order valence-electron chi connectivity index (χ4n) is 1.57. The SMILES string of the molecule is CC(C)C=Cn1c(Br)nc2c1c(=O)[nH]c(=O)n2C. The number of fused-ring (bicyclic) bond motifs is 1. The molecular weight excluding hydrogens is 300 g/mol. The van der Waals surface area contributed by atoms with Gasteiger partial charge in [0.1, 0.15) is 0 Å². The predicted molar refractivity (Wildman–Crippen MR) is 73.5 cm³/mol. The van der Waals surface area contributed by atoms with Gasteiger partial charge in [-0.25, -0.2) is 9.78 Å². The van der Waals surface area contributed by atoms with Gasteiger partial charge in [0.25, 0.3) is 5.56 Å². The van der Waals surface area contributed by atoms with Gasteiger partial charge < -0.3 is 0 Å². The zero-order chi connectivity index (χ0) is 13.4. The molecule has 2 heterocycles. The lowest BCUT2D eigenvalue weighted by molar-refractivity contribution is 0.828. The predicted octanol–water partition coefficient (Wildman–Crippen LogP) is 1.31. The molecule has 2 aromatic rings. The van der Waals surface area contributed by atoms with E-state index in [1.165, 1.54) is 4.57 Å². The van der Waals surface area contributed by atoms with Crippen molar-refractivity contribution in [3.8, 4) is 0 Å². The molecule has 0 aromatic carbocycles. The van der Waals surface area contributed by atoms with Crippen molar-refractivity contribution in [1.29, 1.82) is 0 Å². The Balaban J connectivity index is 2.84. The van der Waals surface area contributed by atoms with Crippen LogP contribution in [0.25, 0.3) is 17.4 Å². The molecule has 0 saturated carbocycles. The molecule has 2 rings (SSSR count). The number of nitrogens with zero attached hydrogens (tertiary/aromatic N) is 3. The Morgan fingerprint density at radius 1 is 1.39 bits per heavy atom. The highest BCUT2D eigenvalue weighted by Crippen LogP contribution is 2.16. The Kier molecular flexibility index (Phi) is 3.25. The molecule has 0 radical (unpaired) electrons. The topological polar surface area (TPSA) is 72.7 Å². The van der Waals surface area contributed by atoms with Gasteiger partial charge in [0.2, 0.25) is 0 Å². The Morgan fingerprint density at radius 3 is 2.67 bits per heavy atom. The maximum Gasteiger partial charge on any atom is 0.329 e. The van der Waals surface area contributed by atoms with Gasteiger partial charge in [0.15, 0.2) is 15.9 Å². The first-order valence-electron chi connectivity index (χ1n) is 5.47. The second-order valence-electron chi connectivity index (χ2n) is 4.33. The first kappa shape index (κ1) is 12.8. The van der Waals surface area contributed by atoms with Crippen molar-refractivity contribution >= 4 is 33.3 Å². The van der Waals surface area contributed by atoms with Gasteiger partial charge in [0, 0.05) is 13.2 Å². The fourth-order valence-corrected chi connectivity index (χ4v) is 2.03. The molecule has 0 bridgehead atoms. The number of hydrogen-bond acceptors (Lipinski definition) is 3. The maximum absolute atomic E-state index is 11.8. The van der Waals surface area contributed by atoms with Crippen LogP contribution in [0, 0.1) is 5.92 Å². The van der Waals surface area contributed by atoms with Gasteiger partial charge in [0.05, 0.1) is 0 Å². The Labute approximate surface area is 111 Å². The van der Waals surface area contributed by atoms with E-state index in [-0.39, 0.29) is 0 Å². The van der Waals surface area contributed by atoms with Crippen molar-refractivity contribution in [2.24, 2.45) is 13.0 Å². The minimum absolute atomic E-state index is 0.348. The van der Waals surface area contributed by atoms with Crippen LogP contribution in [0.4, 0.5) is 0 Å². The summed E-state index contributed by atoms with van der Waals surface area (Å²) in [4.78, 5) is 29.8. The molecular formula is C11H13BrN4O2. The number of allylic oxidation sites excluding steroid dienone is 1. The number of imidazole rings is 1. The van der Waals surface area contributed by atoms with E-state index in [0.29, 0.717) is 21.8 Å². The number of hydrogen-bond donors (Lipinski definition) is 1. The van der Waals surface area contributed by atoms with Crippen LogP contribution in [0.2, 0.25) is 0 Å². The molecule has 0 atom stereocenters. The molecule has 0 unspecified atom stereocenters. The summed E-state index contributed by atoms with van der Waals surface area (Å²) in [5.41, 5.74) is -0.220. The minimum Gasteiger partial charge on any atom is -0.288 e. The van der Waals surface area contributed by atoms with Crippen LogP contribution in [0.3, 0.4) is 0 Å². The van der Waals surface area contributed by atoms with Crippen LogP contribution in [-0.4, -0.2) is 19.1 Å². The number of aryl methyl sites for hydroxylation is 1. The van der Waals surface area contributed by atoms with Crippen molar-refractivity contribution in [3.05, 3.63) is 31.6 Å². The monoisotopic (exact) mass is 312 g/mol. The van der Waals surface area contributed by atoms with Crippen LogP contribution in [0.5, 0.6) is 0 Å². The zero-order valence-electron chi connectivity index (χ0n) is 10.3. The molecule has 2 aromatic heterocycles. The molecule has 0 aliphatic heterocycles. The standard InChI is InChI=1S/C11H13BrN4O2/c1-6(2)4-5-16-7-8(13-10(16)12)15(3)11(18)14-9(7)17/h4-6H,1-3H3,(H,14,17,18). The van der Waals surface area contributed by atoms with E-state index in [2.05, 4.69) is 25.9 Å². The summed E-state index contributed by atoms with van der Waals surface area (Å²) in [7, 11) is 1.57. The largest absolute Gasteiger partial charge is 0.329 e. The summed E-state index contributed by atoms with van der Waals surface area (Å²) in [5.74, 6) is 0.348. The average molecular weight is 313 g/mol. The van der Waals surface area contributed by atoms with Crippen molar-refractivity contribution in [1.82, 2.24) is 19.1 Å². The lowest BCUT2D eigenvalue weighted by atomic mass is 10.2. The van der Waals surface area contributed by atoms with Crippen molar-refractivity contribution in [2.45, 2.75) is 13.8 Å². The summed E-state index contributed by atoms with van der Waals surface area (Å²) >= 11 is 3.29. The number of aromatic nitrogens is 4. The third kappa shape index (κ3) is 2.05. The van der Waals surface area contributed by atoms with Crippen LogP contribution in [0.15, 0.2) is 20.4 Å². The molecule has 0 saturated heterocycles. The number of aromatic amines is 1. The van der Waals surface area contributed by atoms with Gasteiger partial charge in [-0.15, -0.1) is 0 Å². The van der Waals surface area contributed by atoms with Gasteiger partial charge >= 0.3 is 5.69 Å². The number of rotatable bonds is 2. The Bertz CT molecular complexity index is 736. The van der Waals surface area contributed by atoms with Crippen LogP contribution in [-0.2, 0) is 7.05 Å². The van der Waals surface area contributed by atoms with Crippen LogP contribution in [0.1, 0.15) is 13.8 Å². The number of H-pyrrole nitrogens is 1. The lowest BCUT2D eigenvalue weighted by Crippen LogP contribution is -2.28. The highest BCUT2D eigenvalue weighted by molar-refractivity contribution is 9.10. The van der Waals surface area contributed by atoms with Gasteiger partial charge in [-0.1, -0.05) is 19.9 Å². The highest BCUT2D eigenvalue weighted by atomic mass is 79.9. The van der Waals surface area contributed by atoms with Gasteiger partial charge in [-0.2, -0.15) is 0 Å². The average Bonchev–Trinajstić information content (AvgIpc) is 2.61. The first-order chi connectivity index (χ1) is 8.41. The lowest BCUT2D eigenvalue weighted by Gasteiger charge is -2.00. The third-order valence-corrected chi connectivity index (χ3v) is 3.09. The van der Waals surface area contributed by atoms with E-state index in [0.717, 1.165) is 0 Å². The molecule has 0 aliphatic rings. The molecule has 96 valence electrons. The molecule has 0 aliphatic carbocycles. The van der Waals surface area contributed by atoms with Crippen molar-refractivity contribution in [3.63, 3.8) is 0 Å². The molecule has 7 heteroatoms. The Morgan fingerprint density at radius 2 is 2.06 bits per heavy atom. The van der Waals surface area contributed by atoms with E-state index >= 15 is 0 Å². The number of nitrogens with one attached hydrogen (secondary N) is 1. The first-order valence-corrected chi connectivity index (χ1v) is 6.26. The summed E-state index contributed by atoms with van der Waals surface area (Å²) in [6, 6.07) is 0. The minimum atomic E-state index is -0.475. The molecule has 1 N–H and O–H groups in total. The van der Waals surface area contributed by atoms with E-state index in [9.17, 15) is 9.59 Å². The quantitative estimate of drug-likeness (QED) is 0.850. The molecule has 18 heavy (non-hydrogen) atoms.